The fourth-order valence-electron chi connectivity index (χ4n) is 1.19. The third-order valence-corrected chi connectivity index (χ3v) is 8.07. The molecule has 5 heteroatoms. The number of hydrogen-bond acceptors (Lipinski definition) is 4. The van der Waals surface area contributed by atoms with E-state index in [9.17, 15) is 4.79 Å². The van der Waals surface area contributed by atoms with Gasteiger partial charge in [-0.05, 0) is 18.1 Å². The van der Waals surface area contributed by atoms with E-state index in [2.05, 4.69) is 43.9 Å². The summed E-state index contributed by atoms with van der Waals surface area (Å²) in [4.78, 5) is 11.2. The van der Waals surface area contributed by atoms with Gasteiger partial charge >= 0.3 is 5.97 Å². The normalized spacial score (nSPS) is 25.4. The maximum Gasteiger partial charge on any atom is 0.324 e. The first kappa shape index (κ1) is 13.7. The first-order chi connectivity index (χ1) is 7.19. The molecule has 0 aliphatic carbocycles. The zero-order chi connectivity index (χ0) is 12.6. The SMILES string of the molecule is COC(=O)[C@@H]1N[C@H]1CO[Si](C)(C)C(C)(C)C. The van der Waals surface area contributed by atoms with Crippen LogP contribution in [0, 0.1) is 0 Å². The van der Waals surface area contributed by atoms with E-state index in [1.807, 2.05) is 0 Å². The Bertz CT molecular complexity index is 273. The van der Waals surface area contributed by atoms with E-state index in [0.717, 1.165) is 0 Å². The fraction of sp³-hybridized carbons (Fsp3) is 0.909. The predicted octanol–water partition coefficient (Wildman–Crippen LogP) is 1.52. The third-order valence-electron chi connectivity index (χ3n) is 3.57. The maximum absolute atomic E-state index is 11.2. The van der Waals surface area contributed by atoms with E-state index in [1.165, 1.54) is 7.11 Å². The second-order valence-electron chi connectivity index (χ2n) is 5.85. The van der Waals surface area contributed by atoms with Crippen molar-refractivity contribution in [3.63, 3.8) is 0 Å². The van der Waals surface area contributed by atoms with Gasteiger partial charge in [0.15, 0.2) is 8.32 Å². The van der Waals surface area contributed by atoms with Crippen LogP contribution in [0.1, 0.15) is 20.8 Å². The Hall–Kier alpha value is -0.393. The summed E-state index contributed by atoms with van der Waals surface area (Å²) in [7, 11) is -0.284. The van der Waals surface area contributed by atoms with Crippen LogP contribution in [-0.2, 0) is 14.0 Å². The first-order valence-corrected chi connectivity index (χ1v) is 8.58. The van der Waals surface area contributed by atoms with Gasteiger partial charge in [-0.2, -0.15) is 0 Å². The van der Waals surface area contributed by atoms with Gasteiger partial charge in [-0.25, -0.2) is 0 Å². The molecule has 1 aliphatic rings. The molecule has 0 aromatic carbocycles. The molecule has 0 saturated carbocycles. The zero-order valence-corrected chi connectivity index (χ0v) is 12.1. The molecule has 1 heterocycles. The van der Waals surface area contributed by atoms with E-state index in [1.54, 1.807) is 0 Å². The summed E-state index contributed by atoms with van der Waals surface area (Å²) in [6, 6.07) is -0.0173. The summed E-state index contributed by atoms with van der Waals surface area (Å²) in [6.07, 6.45) is 0. The molecule has 0 bridgehead atoms. The Labute approximate surface area is 98.8 Å². The average molecular weight is 245 g/mol. The highest BCUT2D eigenvalue weighted by Gasteiger charge is 2.46. The molecule has 0 amide bonds. The quantitative estimate of drug-likeness (QED) is 0.463. The van der Waals surface area contributed by atoms with Crippen LogP contribution in [0.15, 0.2) is 0 Å². The summed E-state index contributed by atoms with van der Waals surface area (Å²) < 4.78 is 10.7. The Morgan fingerprint density at radius 3 is 2.38 bits per heavy atom. The number of rotatable bonds is 4. The lowest BCUT2D eigenvalue weighted by Gasteiger charge is -2.36. The monoisotopic (exact) mass is 245 g/mol. The molecular weight excluding hydrogens is 222 g/mol. The highest BCUT2D eigenvalue weighted by atomic mass is 28.4. The average Bonchev–Trinajstić information content (AvgIpc) is 2.91. The lowest BCUT2D eigenvalue weighted by atomic mass is 10.2. The van der Waals surface area contributed by atoms with Crippen LogP contribution in [0.4, 0.5) is 0 Å². The number of carbonyl (C=O) groups excluding carboxylic acids is 1. The van der Waals surface area contributed by atoms with Crippen molar-refractivity contribution < 1.29 is 14.0 Å². The molecule has 2 atom stereocenters. The maximum atomic E-state index is 11.2. The molecule has 0 aromatic rings. The molecular formula is C11H23NO3Si. The Kier molecular flexibility index (Phi) is 3.82. The minimum Gasteiger partial charge on any atom is -0.468 e. The van der Waals surface area contributed by atoms with Gasteiger partial charge in [0.05, 0.1) is 19.8 Å². The number of hydrogen-bond donors (Lipinski definition) is 1. The standard InChI is InChI=1S/C11H23NO3Si/c1-11(2,3)16(5,6)15-7-8-9(12-8)10(13)14-4/h8-9,12H,7H2,1-6H3/t8-,9+/m0/s1. The van der Waals surface area contributed by atoms with Crippen LogP contribution < -0.4 is 5.32 Å². The minimum absolute atomic E-state index is 0.140. The highest BCUT2D eigenvalue weighted by molar-refractivity contribution is 6.74. The minimum atomic E-state index is -1.69. The van der Waals surface area contributed by atoms with Gasteiger partial charge < -0.3 is 9.16 Å². The third kappa shape index (κ3) is 3.05. The Morgan fingerprint density at radius 2 is 1.94 bits per heavy atom. The number of esters is 1. The van der Waals surface area contributed by atoms with E-state index >= 15 is 0 Å². The molecule has 94 valence electrons. The Balaban J connectivity index is 2.35. The van der Waals surface area contributed by atoms with Crippen LogP contribution in [0.5, 0.6) is 0 Å². The van der Waals surface area contributed by atoms with Gasteiger partial charge in [0, 0.05) is 0 Å². The van der Waals surface area contributed by atoms with E-state index in [-0.39, 0.29) is 23.1 Å². The number of methoxy groups -OCH3 is 1. The molecule has 0 spiro atoms. The Morgan fingerprint density at radius 1 is 1.38 bits per heavy atom. The second kappa shape index (κ2) is 4.47. The van der Waals surface area contributed by atoms with Crippen molar-refractivity contribution in [3.8, 4) is 0 Å². The zero-order valence-electron chi connectivity index (χ0n) is 11.1. The molecule has 4 nitrogen and oxygen atoms in total. The van der Waals surface area contributed by atoms with Crippen LogP contribution in [-0.4, -0.2) is 40.1 Å². The van der Waals surface area contributed by atoms with Crippen molar-refractivity contribution in [2.24, 2.45) is 0 Å². The van der Waals surface area contributed by atoms with Gasteiger partial charge in [0.25, 0.3) is 0 Å². The number of ether oxygens (including phenoxy) is 1. The van der Waals surface area contributed by atoms with Crippen molar-refractivity contribution in [2.75, 3.05) is 13.7 Å². The fourth-order valence-corrected chi connectivity index (χ4v) is 2.22. The lowest BCUT2D eigenvalue weighted by molar-refractivity contribution is -0.140. The summed E-state index contributed by atoms with van der Waals surface area (Å²) in [5.74, 6) is -0.191. The van der Waals surface area contributed by atoms with Crippen LogP contribution >= 0.6 is 0 Å². The summed E-state index contributed by atoms with van der Waals surface area (Å²) in [6.45, 7) is 11.6. The molecule has 1 aliphatic heterocycles. The molecule has 0 unspecified atom stereocenters. The molecule has 1 N–H and O–H groups in total. The van der Waals surface area contributed by atoms with Gasteiger partial charge in [0.2, 0.25) is 0 Å². The van der Waals surface area contributed by atoms with E-state index in [4.69, 9.17) is 4.43 Å². The van der Waals surface area contributed by atoms with Crippen molar-refractivity contribution in [3.05, 3.63) is 0 Å². The largest absolute Gasteiger partial charge is 0.468 e. The summed E-state index contributed by atoms with van der Waals surface area (Å²) in [5, 5.41) is 3.28. The molecule has 0 radical (unpaired) electrons. The smallest absolute Gasteiger partial charge is 0.324 e. The molecule has 1 saturated heterocycles. The first-order valence-electron chi connectivity index (χ1n) is 5.67. The molecule has 16 heavy (non-hydrogen) atoms. The van der Waals surface area contributed by atoms with Crippen LogP contribution in [0.2, 0.25) is 18.1 Å². The molecule has 0 aromatic heterocycles. The van der Waals surface area contributed by atoms with Gasteiger partial charge in [0.1, 0.15) is 6.04 Å². The number of nitrogens with one attached hydrogen (secondary N) is 1. The van der Waals surface area contributed by atoms with Crippen molar-refractivity contribution in [1.29, 1.82) is 0 Å². The topological polar surface area (TPSA) is 57.5 Å². The second-order valence-corrected chi connectivity index (χ2v) is 10.7. The van der Waals surface area contributed by atoms with Crippen LogP contribution in [0.25, 0.3) is 0 Å². The van der Waals surface area contributed by atoms with Gasteiger partial charge in [-0.3, -0.25) is 10.1 Å². The van der Waals surface area contributed by atoms with E-state index < -0.39 is 8.32 Å². The van der Waals surface area contributed by atoms with Crippen molar-refractivity contribution in [1.82, 2.24) is 5.32 Å². The number of carbonyl (C=O) groups is 1. The van der Waals surface area contributed by atoms with Crippen molar-refractivity contribution in [2.45, 2.75) is 51.0 Å². The highest BCUT2D eigenvalue weighted by Crippen LogP contribution is 2.36. The molecule has 1 fully saturated rings. The van der Waals surface area contributed by atoms with Gasteiger partial charge in [-0.15, -0.1) is 0 Å². The van der Waals surface area contributed by atoms with Crippen LogP contribution in [0.3, 0.4) is 0 Å². The summed E-state index contributed by atoms with van der Waals surface area (Å²) in [5.41, 5.74) is 0. The van der Waals surface area contributed by atoms with E-state index in [0.29, 0.717) is 6.61 Å². The molecule has 1 rings (SSSR count). The van der Waals surface area contributed by atoms with Gasteiger partial charge in [-0.1, -0.05) is 20.8 Å². The summed E-state index contributed by atoms with van der Waals surface area (Å²) >= 11 is 0. The lowest BCUT2D eigenvalue weighted by Crippen LogP contribution is -2.42. The van der Waals surface area contributed by atoms with Crippen molar-refractivity contribution >= 4 is 14.3 Å². The predicted molar refractivity (Wildman–Crippen MR) is 65.9 cm³/mol.